The molecule has 0 aliphatic carbocycles. The zero-order valence-corrected chi connectivity index (χ0v) is 15.0. The number of nitrogens with zero attached hydrogens (tertiary/aromatic N) is 5. The second-order valence-corrected chi connectivity index (χ2v) is 7.40. The highest BCUT2D eigenvalue weighted by molar-refractivity contribution is 7.98. The first kappa shape index (κ1) is 17.3. The number of aromatic nitrogens is 5. The van der Waals surface area contributed by atoms with E-state index in [-0.39, 0.29) is 27.1 Å². The SMILES string of the molecule is O=c1cc(CSc2nnc3c(Cl)cc(C(F)(F)F)cn23)nc2sccn12. The van der Waals surface area contributed by atoms with E-state index in [9.17, 15) is 18.0 Å². The molecule has 0 saturated heterocycles. The lowest BCUT2D eigenvalue weighted by Crippen LogP contribution is -2.12. The fourth-order valence-electron chi connectivity index (χ4n) is 2.29. The van der Waals surface area contributed by atoms with Crippen LogP contribution >= 0.6 is 34.7 Å². The molecule has 12 heteroatoms. The van der Waals surface area contributed by atoms with Crippen molar-refractivity contribution in [1.29, 1.82) is 0 Å². The average Bonchev–Trinajstić information content (AvgIpc) is 3.19. The highest BCUT2D eigenvalue weighted by Gasteiger charge is 2.32. The van der Waals surface area contributed by atoms with Gasteiger partial charge in [0.1, 0.15) is 0 Å². The lowest BCUT2D eigenvalue weighted by Gasteiger charge is -2.08. The zero-order chi connectivity index (χ0) is 18.5. The van der Waals surface area contributed by atoms with Crippen LogP contribution in [0.15, 0.2) is 39.9 Å². The molecule has 0 spiro atoms. The first-order chi connectivity index (χ1) is 12.3. The van der Waals surface area contributed by atoms with Crippen molar-refractivity contribution in [3.05, 3.63) is 56.5 Å². The average molecular weight is 418 g/mol. The Labute approximate surface area is 156 Å². The third kappa shape index (κ3) is 3.06. The van der Waals surface area contributed by atoms with Crippen LogP contribution in [0, 0.1) is 0 Å². The molecule has 0 aliphatic heterocycles. The summed E-state index contributed by atoms with van der Waals surface area (Å²) < 4.78 is 41.5. The standard InChI is InChI=1S/C14H7ClF3N5OS2/c15-9-3-7(14(16,17)18)5-23-11(9)20-21-13(23)26-6-8-4-10(24)22-1-2-25-12(22)19-8/h1-5H,6H2. The lowest BCUT2D eigenvalue weighted by molar-refractivity contribution is -0.137. The van der Waals surface area contributed by atoms with Crippen LogP contribution < -0.4 is 5.56 Å². The van der Waals surface area contributed by atoms with Crippen molar-refractivity contribution in [2.75, 3.05) is 0 Å². The van der Waals surface area contributed by atoms with Crippen LogP contribution in [0.25, 0.3) is 10.6 Å². The Balaban J connectivity index is 1.68. The Morgan fingerprint density at radius 1 is 1.23 bits per heavy atom. The Hall–Kier alpha value is -2.11. The number of hydrogen-bond donors (Lipinski definition) is 0. The third-order valence-corrected chi connectivity index (χ3v) is 5.47. The largest absolute Gasteiger partial charge is 0.417 e. The van der Waals surface area contributed by atoms with E-state index in [1.807, 2.05) is 0 Å². The summed E-state index contributed by atoms with van der Waals surface area (Å²) in [5.41, 5.74) is -0.491. The summed E-state index contributed by atoms with van der Waals surface area (Å²) in [4.78, 5) is 16.9. The minimum Gasteiger partial charge on any atom is -0.276 e. The fraction of sp³-hybridized carbons (Fsp3) is 0.143. The monoisotopic (exact) mass is 417 g/mol. The molecule has 0 atom stereocenters. The van der Waals surface area contributed by atoms with E-state index in [1.165, 1.54) is 26.2 Å². The summed E-state index contributed by atoms with van der Waals surface area (Å²) >= 11 is 8.31. The van der Waals surface area contributed by atoms with Gasteiger partial charge in [-0.05, 0) is 6.07 Å². The molecule has 0 radical (unpaired) electrons. The predicted octanol–water partition coefficient (Wildman–Crippen LogP) is 3.76. The van der Waals surface area contributed by atoms with Gasteiger partial charge in [0, 0.05) is 29.6 Å². The van der Waals surface area contributed by atoms with Gasteiger partial charge in [-0.2, -0.15) is 13.2 Å². The first-order valence-corrected chi connectivity index (χ1v) is 9.27. The molecule has 0 unspecified atom stereocenters. The molecule has 4 rings (SSSR count). The van der Waals surface area contributed by atoms with Gasteiger partial charge in [0.05, 0.1) is 16.3 Å². The van der Waals surface area contributed by atoms with Crippen molar-refractivity contribution < 1.29 is 13.2 Å². The highest BCUT2D eigenvalue weighted by Crippen LogP contribution is 2.33. The van der Waals surface area contributed by atoms with E-state index >= 15 is 0 Å². The van der Waals surface area contributed by atoms with E-state index in [0.29, 0.717) is 10.7 Å². The van der Waals surface area contributed by atoms with E-state index < -0.39 is 11.7 Å². The summed E-state index contributed by atoms with van der Waals surface area (Å²) in [5, 5.41) is 9.53. The minimum atomic E-state index is -4.54. The van der Waals surface area contributed by atoms with Gasteiger partial charge in [-0.3, -0.25) is 13.6 Å². The molecule has 4 aromatic rings. The number of alkyl halides is 3. The molecule has 4 aromatic heterocycles. The van der Waals surface area contributed by atoms with Crippen LogP contribution in [0.1, 0.15) is 11.3 Å². The van der Waals surface area contributed by atoms with Crippen molar-refractivity contribution in [2.45, 2.75) is 17.1 Å². The second kappa shape index (κ2) is 6.25. The third-order valence-electron chi connectivity index (χ3n) is 3.46. The molecule has 0 aliphatic rings. The lowest BCUT2D eigenvalue weighted by atomic mass is 10.3. The van der Waals surface area contributed by atoms with Gasteiger partial charge in [0.15, 0.2) is 15.8 Å². The van der Waals surface area contributed by atoms with Crippen molar-refractivity contribution in [3.63, 3.8) is 0 Å². The molecule has 26 heavy (non-hydrogen) atoms. The Morgan fingerprint density at radius 2 is 2.04 bits per heavy atom. The van der Waals surface area contributed by atoms with Gasteiger partial charge in [-0.1, -0.05) is 23.4 Å². The van der Waals surface area contributed by atoms with Gasteiger partial charge < -0.3 is 0 Å². The van der Waals surface area contributed by atoms with Gasteiger partial charge in [-0.15, -0.1) is 21.5 Å². The topological polar surface area (TPSA) is 64.6 Å². The zero-order valence-electron chi connectivity index (χ0n) is 12.6. The number of rotatable bonds is 3. The molecule has 0 saturated carbocycles. The van der Waals surface area contributed by atoms with Crippen LogP contribution in [0.5, 0.6) is 0 Å². The maximum atomic E-state index is 13.0. The number of hydrogen-bond acceptors (Lipinski definition) is 6. The molecule has 0 fully saturated rings. The Bertz CT molecular complexity index is 1180. The molecule has 0 bridgehead atoms. The summed E-state index contributed by atoms with van der Waals surface area (Å²) in [7, 11) is 0. The van der Waals surface area contributed by atoms with Gasteiger partial charge >= 0.3 is 6.18 Å². The maximum absolute atomic E-state index is 13.0. The summed E-state index contributed by atoms with van der Waals surface area (Å²) in [6.45, 7) is 0. The smallest absolute Gasteiger partial charge is 0.276 e. The minimum absolute atomic E-state index is 0.129. The quantitative estimate of drug-likeness (QED) is 0.475. The molecule has 4 heterocycles. The van der Waals surface area contributed by atoms with E-state index in [4.69, 9.17) is 11.6 Å². The molecule has 0 aromatic carbocycles. The van der Waals surface area contributed by atoms with Crippen molar-refractivity contribution in [1.82, 2.24) is 24.0 Å². The van der Waals surface area contributed by atoms with Crippen LogP contribution in [0.3, 0.4) is 0 Å². The highest BCUT2D eigenvalue weighted by atomic mass is 35.5. The Morgan fingerprint density at radius 3 is 2.81 bits per heavy atom. The van der Waals surface area contributed by atoms with Gasteiger partial charge in [0.2, 0.25) is 0 Å². The van der Waals surface area contributed by atoms with Gasteiger partial charge in [0.25, 0.3) is 5.56 Å². The van der Waals surface area contributed by atoms with Crippen molar-refractivity contribution >= 4 is 45.3 Å². The van der Waals surface area contributed by atoms with E-state index in [2.05, 4.69) is 15.2 Å². The fourth-order valence-corrected chi connectivity index (χ4v) is 4.07. The number of halogens is 4. The molecular weight excluding hydrogens is 411 g/mol. The summed E-state index contributed by atoms with van der Waals surface area (Å²) in [6.07, 6.45) is -2.02. The predicted molar refractivity (Wildman–Crippen MR) is 91.9 cm³/mol. The van der Waals surface area contributed by atoms with Crippen LogP contribution in [0.4, 0.5) is 13.2 Å². The first-order valence-electron chi connectivity index (χ1n) is 7.03. The number of thioether (sulfide) groups is 1. The Kier molecular flexibility index (Phi) is 4.16. The van der Waals surface area contributed by atoms with Crippen molar-refractivity contribution in [3.8, 4) is 0 Å². The summed E-state index contributed by atoms with van der Waals surface area (Å²) in [6, 6.07) is 2.19. The van der Waals surface area contributed by atoms with E-state index in [1.54, 1.807) is 11.6 Å². The van der Waals surface area contributed by atoms with Crippen LogP contribution in [0.2, 0.25) is 5.02 Å². The van der Waals surface area contributed by atoms with Gasteiger partial charge in [-0.25, -0.2) is 4.98 Å². The van der Waals surface area contributed by atoms with E-state index in [0.717, 1.165) is 24.0 Å². The van der Waals surface area contributed by atoms with Crippen molar-refractivity contribution in [2.24, 2.45) is 0 Å². The second-order valence-electron chi connectivity index (χ2n) is 5.18. The molecule has 134 valence electrons. The van der Waals surface area contributed by atoms with Crippen LogP contribution in [-0.4, -0.2) is 24.0 Å². The molecule has 0 N–H and O–H groups in total. The number of pyridine rings is 1. The number of thiazole rings is 1. The molecule has 6 nitrogen and oxygen atoms in total. The normalized spacial score (nSPS) is 12.3. The summed E-state index contributed by atoms with van der Waals surface area (Å²) in [5.74, 6) is 0.248. The molecular formula is C14H7ClF3N5OS2. The maximum Gasteiger partial charge on any atom is 0.417 e. The number of fused-ring (bicyclic) bond motifs is 2. The molecule has 0 amide bonds. The van der Waals surface area contributed by atoms with Crippen LogP contribution in [-0.2, 0) is 11.9 Å².